The molecule has 25 heavy (non-hydrogen) atoms. The average molecular weight is 342 g/mol. The van der Waals surface area contributed by atoms with Gasteiger partial charge in [0.25, 0.3) is 5.91 Å². The van der Waals surface area contributed by atoms with Gasteiger partial charge in [0.2, 0.25) is 5.91 Å². The minimum atomic E-state index is -0.359. The SMILES string of the molecule is Cc1ccnn1CC(=O)Nc1cnn(C)c1C(=O)NCc1ccco1. The van der Waals surface area contributed by atoms with Crippen molar-refractivity contribution in [2.45, 2.75) is 20.0 Å². The molecule has 0 aromatic carbocycles. The molecule has 0 aliphatic rings. The molecule has 0 saturated carbocycles. The molecule has 0 aliphatic carbocycles. The topological polar surface area (TPSA) is 107 Å². The van der Waals surface area contributed by atoms with Gasteiger partial charge in [-0.15, -0.1) is 0 Å². The van der Waals surface area contributed by atoms with Gasteiger partial charge in [-0.1, -0.05) is 0 Å². The van der Waals surface area contributed by atoms with Gasteiger partial charge in [-0.3, -0.25) is 19.0 Å². The van der Waals surface area contributed by atoms with E-state index in [0.717, 1.165) is 5.69 Å². The van der Waals surface area contributed by atoms with E-state index in [1.807, 2.05) is 13.0 Å². The van der Waals surface area contributed by atoms with Gasteiger partial charge in [-0.2, -0.15) is 10.2 Å². The van der Waals surface area contributed by atoms with Crippen LogP contribution in [0.4, 0.5) is 5.69 Å². The molecule has 3 aromatic heterocycles. The Morgan fingerprint density at radius 3 is 2.80 bits per heavy atom. The Hall–Kier alpha value is -3.36. The molecule has 2 N–H and O–H groups in total. The van der Waals surface area contributed by atoms with Crippen molar-refractivity contribution in [1.82, 2.24) is 24.9 Å². The van der Waals surface area contributed by atoms with Crippen molar-refractivity contribution < 1.29 is 14.0 Å². The van der Waals surface area contributed by atoms with Gasteiger partial charge < -0.3 is 15.1 Å². The van der Waals surface area contributed by atoms with Gasteiger partial charge in [0.15, 0.2) is 0 Å². The number of anilines is 1. The lowest BCUT2D eigenvalue weighted by atomic mass is 10.3. The second-order valence-corrected chi connectivity index (χ2v) is 5.47. The average Bonchev–Trinajstić information content (AvgIpc) is 3.29. The summed E-state index contributed by atoms with van der Waals surface area (Å²) < 4.78 is 8.16. The molecule has 0 saturated heterocycles. The normalized spacial score (nSPS) is 10.6. The van der Waals surface area contributed by atoms with Crippen LogP contribution < -0.4 is 10.6 Å². The standard InChI is InChI=1S/C16H18N6O3/c1-11-5-6-18-22(11)10-14(23)20-13-9-19-21(2)15(13)16(24)17-8-12-4-3-7-25-12/h3-7,9H,8,10H2,1-2H3,(H,17,24)(H,20,23). The minimum Gasteiger partial charge on any atom is -0.467 e. The third kappa shape index (κ3) is 3.77. The highest BCUT2D eigenvalue weighted by Crippen LogP contribution is 2.14. The van der Waals surface area contributed by atoms with Gasteiger partial charge in [0.05, 0.1) is 24.7 Å². The first-order valence-corrected chi connectivity index (χ1v) is 7.65. The largest absolute Gasteiger partial charge is 0.467 e. The summed E-state index contributed by atoms with van der Waals surface area (Å²) in [5.41, 5.74) is 1.48. The number of aryl methyl sites for hydroxylation is 2. The Labute approximate surface area is 143 Å². The Morgan fingerprint density at radius 1 is 1.28 bits per heavy atom. The number of hydrogen-bond acceptors (Lipinski definition) is 5. The smallest absolute Gasteiger partial charge is 0.272 e. The highest BCUT2D eigenvalue weighted by atomic mass is 16.3. The monoisotopic (exact) mass is 342 g/mol. The summed E-state index contributed by atoms with van der Waals surface area (Å²) in [6.07, 6.45) is 4.60. The molecule has 2 amide bonds. The van der Waals surface area contributed by atoms with Crippen LogP contribution in [0.5, 0.6) is 0 Å². The van der Waals surface area contributed by atoms with Gasteiger partial charge >= 0.3 is 0 Å². The molecule has 0 spiro atoms. The molecule has 0 fully saturated rings. The fourth-order valence-electron chi connectivity index (χ4n) is 2.35. The van der Waals surface area contributed by atoms with Crippen LogP contribution in [0.3, 0.4) is 0 Å². The quantitative estimate of drug-likeness (QED) is 0.697. The Bertz CT molecular complexity index is 878. The highest BCUT2D eigenvalue weighted by molar-refractivity contribution is 6.02. The third-order valence-electron chi connectivity index (χ3n) is 3.65. The first kappa shape index (κ1) is 16.5. The zero-order valence-corrected chi connectivity index (χ0v) is 13.9. The number of carbonyl (C=O) groups excluding carboxylic acids is 2. The van der Waals surface area contributed by atoms with E-state index < -0.39 is 0 Å². The zero-order chi connectivity index (χ0) is 17.8. The fourth-order valence-corrected chi connectivity index (χ4v) is 2.35. The van der Waals surface area contributed by atoms with Gasteiger partial charge in [-0.05, 0) is 25.1 Å². The van der Waals surface area contributed by atoms with Gasteiger partial charge in [0.1, 0.15) is 18.0 Å². The summed E-state index contributed by atoms with van der Waals surface area (Å²) in [5, 5.41) is 13.5. The maximum absolute atomic E-state index is 12.4. The van der Waals surface area contributed by atoms with Gasteiger partial charge in [-0.25, -0.2) is 0 Å². The summed E-state index contributed by atoms with van der Waals surface area (Å²) in [6, 6.07) is 5.32. The highest BCUT2D eigenvalue weighted by Gasteiger charge is 2.19. The second kappa shape index (κ2) is 7.04. The molecule has 0 aliphatic heterocycles. The molecule has 3 aromatic rings. The molecule has 9 nitrogen and oxygen atoms in total. The molecule has 3 heterocycles. The number of hydrogen-bond donors (Lipinski definition) is 2. The number of amides is 2. The predicted octanol–water partition coefficient (Wildman–Crippen LogP) is 1.09. The van der Waals surface area contributed by atoms with Crippen LogP contribution in [0.1, 0.15) is 21.9 Å². The number of rotatable bonds is 6. The molecule has 130 valence electrons. The van der Waals surface area contributed by atoms with Crippen LogP contribution in [0.15, 0.2) is 41.3 Å². The van der Waals surface area contributed by atoms with E-state index in [1.165, 1.54) is 17.1 Å². The van der Waals surface area contributed by atoms with Crippen LogP contribution >= 0.6 is 0 Å². The lowest BCUT2D eigenvalue weighted by Gasteiger charge is -2.09. The van der Waals surface area contributed by atoms with E-state index in [1.54, 1.807) is 30.1 Å². The number of nitrogens with one attached hydrogen (secondary N) is 2. The Morgan fingerprint density at radius 2 is 2.12 bits per heavy atom. The number of nitrogens with zero attached hydrogens (tertiary/aromatic N) is 4. The summed E-state index contributed by atoms with van der Waals surface area (Å²) in [7, 11) is 1.63. The van der Waals surface area contributed by atoms with Crippen molar-refractivity contribution in [2.75, 3.05) is 5.32 Å². The number of carbonyl (C=O) groups is 2. The summed E-state index contributed by atoms with van der Waals surface area (Å²) >= 11 is 0. The first-order chi connectivity index (χ1) is 12.0. The Kier molecular flexibility index (Phi) is 4.64. The molecule has 0 atom stereocenters. The number of aromatic nitrogens is 4. The first-order valence-electron chi connectivity index (χ1n) is 7.65. The van der Waals surface area contributed by atoms with E-state index in [9.17, 15) is 9.59 Å². The third-order valence-corrected chi connectivity index (χ3v) is 3.65. The maximum Gasteiger partial charge on any atom is 0.272 e. The summed E-state index contributed by atoms with van der Waals surface area (Å²) in [6.45, 7) is 2.16. The lowest BCUT2D eigenvalue weighted by Crippen LogP contribution is -2.27. The van der Waals surface area contributed by atoms with Crippen molar-refractivity contribution in [3.63, 3.8) is 0 Å². The van der Waals surface area contributed by atoms with E-state index in [2.05, 4.69) is 20.8 Å². The van der Waals surface area contributed by atoms with Crippen molar-refractivity contribution in [2.24, 2.45) is 7.05 Å². The fraction of sp³-hybridized carbons (Fsp3) is 0.250. The zero-order valence-electron chi connectivity index (χ0n) is 13.9. The van der Waals surface area contributed by atoms with Crippen LogP contribution in [0.2, 0.25) is 0 Å². The Balaban J connectivity index is 1.67. The van der Waals surface area contributed by atoms with Crippen molar-refractivity contribution in [3.05, 3.63) is 54.0 Å². The van der Waals surface area contributed by atoms with Gasteiger partial charge in [0, 0.05) is 18.9 Å². The van der Waals surface area contributed by atoms with E-state index >= 15 is 0 Å². The van der Waals surface area contributed by atoms with Crippen molar-refractivity contribution in [1.29, 1.82) is 0 Å². The van der Waals surface area contributed by atoms with Crippen molar-refractivity contribution in [3.8, 4) is 0 Å². The van der Waals surface area contributed by atoms with E-state index in [4.69, 9.17) is 4.42 Å². The van der Waals surface area contributed by atoms with Crippen LogP contribution in [-0.4, -0.2) is 31.4 Å². The van der Waals surface area contributed by atoms with Crippen LogP contribution in [0, 0.1) is 6.92 Å². The lowest BCUT2D eigenvalue weighted by molar-refractivity contribution is -0.116. The molecule has 9 heteroatoms. The summed E-state index contributed by atoms with van der Waals surface area (Å²) in [4.78, 5) is 24.6. The minimum absolute atomic E-state index is 0.0567. The molecule has 0 radical (unpaired) electrons. The molecule has 3 rings (SSSR count). The molecular formula is C16H18N6O3. The second-order valence-electron chi connectivity index (χ2n) is 5.47. The summed E-state index contributed by atoms with van der Waals surface area (Å²) in [5.74, 6) is -0.0166. The molecular weight excluding hydrogens is 324 g/mol. The maximum atomic E-state index is 12.4. The molecule has 0 bridgehead atoms. The van der Waals surface area contributed by atoms with E-state index in [-0.39, 0.29) is 30.6 Å². The van der Waals surface area contributed by atoms with Crippen LogP contribution in [0.25, 0.3) is 0 Å². The van der Waals surface area contributed by atoms with Crippen LogP contribution in [-0.2, 0) is 24.9 Å². The van der Waals surface area contributed by atoms with Crippen molar-refractivity contribution >= 4 is 17.5 Å². The van der Waals surface area contributed by atoms with E-state index in [0.29, 0.717) is 11.4 Å². The molecule has 0 unspecified atom stereocenters. The predicted molar refractivity (Wildman–Crippen MR) is 88.7 cm³/mol. The number of furan rings is 1.